The van der Waals surface area contributed by atoms with Gasteiger partial charge >= 0.3 is 0 Å². The van der Waals surface area contributed by atoms with E-state index in [0.717, 1.165) is 24.7 Å². The molecular weight excluding hydrogens is 336 g/mol. The Hall–Kier alpha value is -0.940. The molecule has 2 atom stereocenters. The Kier molecular flexibility index (Phi) is 9.36. The Morgan fingerprint density at radius 3 is 1.38 bits per heavy atom. The first-order valence-electron chi connectivity index (χ1n) is 8.42. The van der Waals surface area contributed by atoms with Gasteiger partial charge in [-0.15, -0.1) is 0 Å². The van der Waals surface area contributed by atoms with Crippen LogP contribution in [0.3, 0.4) is 0 Å². The summed E-state index contributed by atoms with van der Waals surface area (Å²) in [6.07, 6.45) is 0.298. The van der Waals surface area contributed by atoms with Crippen LogP contribution >= 0.6 is 21.6 Å². The Morgan fingerprint density at radius 1 is 0.667 bits per heavy atom. The lowest BCUT2D eigenvalue weighted by Crippen LogP contribution is -2.08. The van der Waals surface area contributed by atoms with E-state index in [0.29, 0.717) is 0 Å². The fraction of sp³-hybridized carbons (Fsp3) is 0.400. The molecule has 0 amide bonds. The molecule has 24 heavy (non-hydrogen) atoms. The molecule has 0 aliphatic heterocycles. The second-order valence-corrected chi connectivity index (χ2v) is 7.83. The summed E-state index contributed by atoms with van der Waals surface area (Å²) < 4.78 is 11.8. The van der Waals surface area contributed by atoms with Gasteiger partial charge in [-0.1, -0.05) is 82.3 Å². The van der Waals surface area contributed by atoms with Crippen molar-refractivity contribution in [2.24, 2.45) is 0 Å². The fourth-order valence-electron chi connectivity index (χ4n) is 2.44. The van der Waals surface area contributed by atoms with Gasteiger partial charge in [-0.3, -0.25) is 0 Å². The fourth-order valence-corrected chi connectivity index (χ4v) is 4.77. The van der Waals surface area contributed by atoms with Gasteiger partial charge in [0.05, 0.1) is 12.2 Å². The van der Waals surface area contributed by atoms with E-state index in [1.165, 1.54) is 11.1 Å². The maximum atomic E-state index is 5.90. The average molecular weight is 363 g/mol. The molecule has 2 rings (SSSR count). The summed E-state index contributed by atoms with van der Waals surface area (Å²) in [4.78, 5) is 0. The quantitative estimate of drug-likeness (QED) is 0.364. The lowest BCUT2D eigenvalue weighted by molar-refractivity contribution is 0.0793. The lowest BCUT2D eigenvalue weighted by Gasteiger charge is -2.19. The number of ether oxygens (including phenoxy) is 2. The molecule has 2 unspecified atom stereocenters. The minimum Gasteiger partial charge on any atom is -0.373 e. The maximum Gasteiger partial charge on any atom is 0.0923 e. The van der Waals surface area contributed by atoms with E-state index in [9.17, 15) is 0 Å². The molecule has 2 nitrogen and oxygen atoms in total. The largest absolute Gasteiger partial charge is 0.373 e. The van der Waals surface area contributed by atoms with Crippen molar-refractivity contribution in [3.8, 4) is 0 Å². The highest BCUT2D eigenvalue weighted by Crippen LogP contribution is 2.33. The van der Waals surface area contributed by atoms with Crippen LogP contribution in [-0.4, -0.2) is 24.7 Å². The van der Waals surface area contributed by atoms with Crippen LogP contribution in [0, 0.1) is 0 Å². The topological polar surface area (TPSA) is 18.5 Å². The summed E-state index contributed by atoms with van der Waals surface area (Å²) in [5, 5.41) is 0. The summed E-state index contributed by atoms with van der Waals surface area (Å²) in [6, 6.07) is 20.9. The molecule has 0 saturated heterocycles. The number of hydrogen-bond acceptors (Lipinski definition) is 4. The van der Waals surface area contributed by atoms with Gasteiger partial charge in [0.25, 0.3) is 0 Å². The molecular formula is C20H26O2S2. The van der Waals surface area contributed by atoms with Crippen LogP contribution in [0.4, 0.5) is 0 Å². The first-order chi connectivity index (χ1) is 11.8. The van der Waals surface area contributed by atoms with Gasteiger partial charge < -0.3 is 9.47 Å². The first-order valence-corrected chi connectivity index (χ1v) is 10.9. The molecule has 0 fully saturated rings. The van der Waals surface area contributed by atoms with Crippen molar-refractivity contribution in [2.45, 2.75) is 26.1 Å². The van der Waals surface area contributed by atoms with Crippen molar-refractivity contribution in [1.29, 1.82) is 0 Å². The Bertz CT molecular complexity index is 497. The SMILES string of the molecule is CCOC(CSSCC(OCC)c1ccccc1)c1ccccc1. The second-order valence-electron chi connectivity index (χ2n) is 5.28. The van der Waals surface area contributed by atoms with Crippen LogP contribution < -0.4 is 0 Å². The van der Waals surface area contributed by atoms with Crippen molar-refractivity contribution in [1.82, 2.24) is 0 Å². The summed E-state index contributed by atoms with van der Waals surface area (Å²) in [5.74, 6) is 1.88. The van der Waals surface area contributed by atoms with Crippen LogP contribution in [0.25, 0.3) is 0 Å². The molecule has 0 aliphatic carbocycles. The van der Waals surface area contributed by atoms with Gasteiger partial charge in [0.1, 0.15) is 0 Å². The first kappa shape index (κ1) is 19.4. The monoisotopic (exact) mass is 362 g/mol. The average Bonchev–Trinajstić information content (AvgIpc) is 2.64. The summed E-state index contributed by atoms with van der Waals surface area (Å²) in [5.41, 5.74) is 2.49. The van der Waals surface area contributed by atoms with Gasteiger partial charge in [-0.05, 0) is 25.0 Å². The van der Waals surface area contributed by atoms with Crippen LogP contribution in [0.2, 0.25) is 0 Å². The summed E-state index contributed by atoms with van der Waals surface area (Å²) in [7, 11) is 3.71. The number of benzene rings is 2. The molecule has 4 heteroatoms. The number of rotatable bonds is 11. The summed E-state index contributed by atoms with van der Waals surface area (Å²) >= 11 is 0. The molecule has 0 radical (unpaired) electrons. The maximum absolute atomic E-state index is 5.90. The Labute approximate surface area is 153 Å². The van der Waals surface area contributed by atoms with E-state index in [2.05, 4.69) is 48.5 Å². The second kappa shape index (κ2) is 11.6. The Morgan fingerprint density at radius 2 is 1.04 bits per heavy atom. The number of hydrogen-bond donors (Lipinski definition) is 0. The third-order valence-electron chi connectivity index (χ3n) is 3.60. The molecule has 0 aromatic heterocycles. The van der Waals surface area contributed by atoms with Gasteiger partial charge in [-0.25, -0.2) is 0 Å². The van der Waals surface area contributed by atoms with Gasteiger partial charge in [0, 0.05) is 24.7 Å². The highest BCUT2D eigenvalue weighted by atomic mass is 33.1. The molecule has 2 aromatic carbocycles. The molecule has 130 valence electrons. The normalized spacial score (nSPS) is 13.6. The van der Waals surface area contributed by atoms with E-state index in [1.54, 1.807) is 0 Å². The standard InChI is InChI=1S/C20H26O2S2/c1-3-21-19(17-11-7-5-8-12-17)15-23-24-16-20(22-4-2)18-13-9-6-10-14-18/h5-14,19-20H,3-4,15-16H2,1-2H3. The van der Waals surface area contributed by atoms with Crippen LogP contribution in [-0.2, 0) is 9.47 Å². The smallest absolute Gasteiger partial charge is 0.0923 e. The third-order valence-corrected chi connectivity index (χ3v) is 5.96. The predicted molar refractivity (Wildman–Crippen MR) is 107 cm³/mol. The van der Waals surface area contributed by atoms with Crippen molar-refractivity contribution >= 4 is 21.6 Å². The molecule has 0 heterocycles. The lowest BCUT2D eigenvalue weighted by atomic mass is 10.1. The van der Waals surface area contributed by atoms with Gasteiger partial charge in [-0.2, -0.15) is 0 Å². The zero-order valence-electron chi connectivity index (χ0n) is 14.4. The van der Waals surface area contributed by atoms with Crippen LogP contribution in [0.15, 0.2) is 60.7 Å². The highest BCUT2D eigenvalue weighted by molar-refractivity contribution is 8.76. The van der Waals surface area contributed by atoms with E-state index in [4.69, 9.17) is 9.47 Å². The summed E-state index contributed by atoms with van der Waals surface area (Å²) in [6.45, 7) is 5.56. The molecule has 0 saturated carbocycles. The zero-order chi connectivity index (χ0) is 17.0. The Balaban J connectivity index is 1.83. The predicted octanol–water partition coefficient (Wildman–Crippen LogP) is 5.92. The van der Waals surface area contributed by atoms with E-state index in [-0.39, 0.29) is 12.2 Å². The van der Waals surface area contributed by atoms with E-state index in [1.807, 2.05) is 47.6 Å². The molecule has 0 N–H and O–H groups in total. The van der Waals surface area contributed by atoms with Crippen LogP contribution in [0.5, 0.6) is 0 Å². The third kappa shape index (κ3) is 6.52. The molecule has 0 aliphatic rings. The van der Waals surface area contributed by atoms with E-state index >= 15 is 0 Å². The molecule has 0 bridgehead atoms. The van der Waals surface area contributed by atoms with Crippen molar-refractivity contribution in [3.05, 3.63) is 71.8 Å². The zero-order valence-corrected chi connectivity index (χ0v) is 16.0. The van der Waals surface area contributed by atoms with Crippen molar-refractivity contribution in [3.63, 3.8) is 0 Å². The van der Waals surface area contributed by atoms with Gasteiger partial charge in [0.15, 0.2) is 0 Å². The van der Waals surface area contributed by atoms with Crippen molar-refractivity contribution in [2.75, 3.05) is 24.7 Å². The molecule has 2 aromatic rings. The van der Waals surface area contributed by atoms with Gasteiger partial charge in [0.2, 0.25) is 0 Å². The highest BCUT2D eigenvalue weighted by Gasteiger charge is 2.14. The van der Waals surface area contributed by atoms with Crippen LogP contribution in [0.1, 0.15) is 37.2 Å². The van der Waals surface area contributed by atoms with E-state index < -0.39 is 0 Å². The minimum atomic E-state index is 0.149. The van der Waals surface area contributed by atoms with Crippen molar-refractivity contribution < 1.29 is 9.47 Å². The minimum absolute atomic E-state index is 0.149. The molecule has 0 spiro atoms.